The highest BCUT2D eigenvalue weighted by atomic mass is 35.5. The van der Waals surface area contributed by atoms with Crippen molar-refractivity contribution < 1.29 is 4.79 Å². The summed E-state index contributed by atoms with van der Waals surface area (Å²) in [4.78, 5) is 20.9. The molecule has 0 aliphatic carbocycles. The van der Waals surface area contributed by atoms with E-state index in [1.165, 1.54) is 5.56 Å². The fraction of sp³-hybridized carbons (Fsp3) is 0.400. The van der Waals surface area contributed by atoms with Gasteiger partial charge in [-0.2, -0.15) is 0 Å². The third kappa shape index (κ3) is 5.44. The van der Waals surface area contributed by atoms with Crippen molar-refractivity contribution >= 4 is 23.3 Å². The Balaban J connectivity index is 1.31. The van der Waals surface area contributed by atoms with Gasteiger partial charge < -0.3 is 15.1 Å². The first-order chi connectivity index (χ1) is 12.7. The summed E-state index contributed by atoms with van der Waals surface area (Å²) in [5, 5.41) is 4.11. The molecule has 1 amide bonds. The number of piperazine rings is 1. The standard InChI is InChI=1S/C20H25ClN4O/c21-18-6-4-17(5-7-18)8-11-22-12-9-20(26)25-15-13-24(14-16-25)19-3-1-2-10-23-19/h1-7,10,22H,8-9,11-16H2. The maximum Gasteiger partial charge on any atom is 0.223 e. The molecule has 0 saturated carbocycles. The van der Waals surface area contributed by atoms with Gasteiger partial charge in [-0.3, -0.25) is 4.79 Å². The van der Waals surface area contributed by atoms with Crippen molar-refractivity contribution in [2.75, 3.05) is 44.2 Å². The van der Waals surface area contributed by atoms with Gasteiger partial charge in [0, 0.05) is 50.4 Å². The number of hydrogen-bond acceptors (Lipinski definition) is 4. The lowest BCUT2D eigenvalue weighted by molar-refractivity contribution is -0.131. The number of halogens is 1. The maximum absolute atomic E-state index is 12.3. The molecule has 1 aliphatic heterocycles. The third-order valence-corrected chi connectivity index (χ3v) is 4.88. The Labute approximate surface area is 160 Å². The van der Waals surface area contributed by atoms with Crippen molar-refractivity contribution in [1.29, 1.82) is 0 Å². The van der Waals surface area contributed by atoms with E-state index in [0.29, 0.717) is 13.0 Å². The molecule has 1 fully saturated rings. The molecule has 3 rings (SSSR count). The first-order valence-corrected chi connectivity index (χ1v) is 9.49. The molecule has 1 N–H and O–H groups in total. The lowest BCUT2D eigenvalue weighted by atomic mass is 10.1. The van der Waals surface area contributed by atoms with Crippen molar-refractivity contribution in [3.63, 3.8) is 0 Å². The lowest BCUT2D eigenvalue weighted by Crippen LogP contribution is -2.49. The van der Waals surface area contributed by atoms with E-state index in [0.717, 1.165) is 50.0 Å². The van der Waals surface area contributed by atoms with Gasteiger partial charge in [0.2, 0.25) is 5.91 Å². The van der Waals surface area contributed by atoms with E-state index in [2.05, 4.69) is 15.2 Å². The number of nitrogens with one attached hydrogen (secondary N) is 1. The molecule has 6 heteroatoms. The fourth-order valence-electron chi connectivity index (χ4n) is 3.09. The van der Waals surface area contributed by atoms with E-state index in [-0.39, 0.29) is 5.91 Å². The van der Waals surface area contributed by atoms with Crippen LogP contribution in [0.5, 0.6) is 0 Å². The van der Waals surface area contributed by atoms with E-state index in [4.69, 9.17) is 11.6 Å². The second-order valence-corrected chi connectivity index (χ2v) is 6.87. The number of anilines is 1. The largest absolute Gasteiger partial charge is 0.353 e. The number of amides is 1. The zero-order chi connectivity index (χ0) is 18.2. The van der Waals surface area contributed by atoms with Gasteiger partial charge in [-0.05, 0) is 42.8 Å². The van der Waals surface area contributed by atoms with Crippen LogP contribution in [-0.4, -0.2) is 55.1 Å². The van der Waals surface area contributed by atoms with Crippen LogP contribution in [0.4, 0.5) is 5.82 Å². The lowest BCUT2D eigenvalue weighted by Gasteiger charge is -2.35. The van der Waals surface area contributed by atoms with E-state index < -0.39 is 0 Å². The Hall–Kier alpha value is -2.11. The summed E-state index contributed by atoms with van der Waals surface area (Å²) < 4.78 is 0. The molecular weight excluding hydrogens is 348 g/mol. The zero-order valence-corrected chi connectivity index (χ0v) is 15.7. The van der Waals surface area contributed by atoms with Gasteiger partial charge in [0.25, 0.3) is 0 Å². The van der Waals surface area contributed by atoms with Crippen molar-refractivity contribution in [2.24, 2.45) is 0 Å². The van der Waals surface area contributed by atoms with Gasteiger partial charge in [0.1, 0.15) is 5.82 Å². The molecule has 0 unspecified atom stereocenters. The molecule has 1 aliphatic rings. The molecule has 0 spiro atoms. The Morgan fingerprint density at radius 1 is 1.04 bits per heavy atom. The molecule has 1 aromatic heterocycles. The Morgan fingerprint density at radius 2 is 1.81 bits per heavy atom. The SMILES string of the molecule is O=C(CCNCCc1ccc(Cl)cc1)N1CCN(c2ccccn2)CC1. The van der Waals surface area contributed by atoms with Crippen LogP contribution in [0.25, 0.3) is 0 Å². The van der Waals surface area contributed by atoms with E-state index in [9.17, 15) is 4.79 Å². The summed E-state index contributed by atoms with van der Waals surface area (Å²) in [6.07, 6.45) is 3.29. The Kier molecular flexibility index (Phi) is 6.86. The maximum atomic E-state index is 12.3. The zero-order valence-electron chi connectivity index (χ0n) is 14.9. The number of rotatable bonds is 7. The van der Waals surface area contributed by atoms with E-state index in [1.54, 1.807) is 0 Å². The highest BCUT2D eigenvalue weighted by Gasteiger charge is 2.21. The van der Waals surface area contributed by atoms with E-state index >= 15 is 0 Å². The second kappa shape index (κ2) is 9.55. The van der Waals surface area contributed by atoms with Gasteiger partial charge in [-0.1, -0.05) is 29.8 Å². The topological polar surface area (TPSA) is 48.5 Å². The molecule has 2 aromatic rings. The van der Waals surface area contributed by atoms with Crippen molar-refractivity contribution in [2.45, 2.75) is 12.8 Å². The summed E-state index contributed by atoms with van der Waals surface area (Å²) in [6, 6.07) is 13.8. The number of pyridine rings is 1. The normalized spacial score (nSPS) is 14.5. The molecule has 1 saturated heterocycles. The number of carbonyl (C=O) groups excluding carboxylic acids is 1. The number of benzene rings is 1. The monoisotopic (exact) mass is 372 g/mol. The molecular formula is C20H25ClN4O. The minimum Gasteiger partial charge on any atom is -0.353 e. The van der Waals surface area contributed by atoms with Crippen LogP contribution in [0.15, 0.2) is 48.7 Å². The van der Waals surface area contributed by atoms with Crippen LogP contribution >= 0.6 is 11.6 Å². The third-order valence-electron chi connectivity index (χ3n) is 4.63. The van der Waals surface area contributed by atoms with Gasteiger partial charge in [-0.25, -0.2) is 4.98 Å². The number of aromatic nitrogens is 1. The second-order valence-electron chi connectivity index (χ2n) is 6.43. The van der Waals surface area contributed by atoms with Crippen LogP contribution in [0, 0.1) is 0 Å². The number of nitrogens with zero attached hydrogens (tertiary/aromatic N) is 3. The molecule has 1 aromatic carbocycles. The number of hydrogen-bond donors (Lipinski definition) is 1. The Bertz CT molecular complexity index is 685. The molecule has 2 heterocycles. The average Bonchev–Trinajstić information content (AvgIpc) is 2.70. The number of carbonyl (C=O) groups is 1. The minimum absolute atomic E-state index is 0.227. The van der Waals surface area contributed by atoms with Crippen molar-refractivity contribution in [1.82, 2.24) is 15.2 Å². The van der Waals surface area contributed by atoms with E-state index in [1.807, 2.05) is 53.6 Å². The van der Waals surface area contributed by atoms with Crippen LogP contribution in [0.3, 0.4) is 0 Å². The molecule has 0 radical (unpaired) electrons. The predicted octanol–water partition coefficient (Wildman–Crippen LogP) is 2.61. The molecule has 5 nitrogen and oxygen atoms in total. The first-order valence-electron chi connectivity index (χ1n) is 9.11. The Morgan fingerprint density at radius 3 is 2.50 bits per heavy atom. The van der Waals surface area contributed by atoms with Crippen LogP contribution < -0.4 is 10.2 Å². The summed E-state index contributed by atoms with van der Waals surface area (Å²) in [5.74, 6) is 1.22. The van der Waals surface area contributed by atoms with Gasteiger partial charge >= 0.3 is 0 Å². The van der Waals surface area contributed by atoms with Crippen LogP contribution in [0.2, 0.25) is 5.02 Å². The highest BCUT2D eigenvalue weighted by Crippen LogP contribution is 2.13. The van der Waals surface area contributed by atoms with Crippen molar-refractivity contribution in [3.05, 3.63) is 59.2 Å². The van der Waals surface area contributed by atoms with Gasteiger partial charge in [0.05, 0.1) is 0 Å². The summed E-state index contributed by atoms with van der Waals surface area (Å²) in [7, 11) is 0. The summed E-state index contributed by atoms with van der Waals surface area (Å²) in [5.41, 5.74) is 1.25. The quantitative estimate of drug-likeness (QED) is 0.759. The molecule has 0 bridgehead atoms. The summed E-state index contributed by atoms with van der Waals surface area (Å²) in [6.45, 7) is 4.79. The molecule has 138 valence electrons. The molecule has 0 atom stereocenters. The fourth-order valence-corrected chi connectivity index (χ4v) is 3.21. The highest BCUT2D eigenvalue weighted by molar-refractivity contribution is 6.30. The first kappa shape index (κ1) is 18.7. The van der Waals surface area contributed by atoms with Crippen molar-refractivity contribution in [3.8, 4) is 0 Å². The van der Waals surface area contributed by atoms with Gasteiger partial charge in [0.15, 0.2) is 0 Å². The minimum atomic E-state index is 0.227. The molecule has 26 heavy (non-hydrogen) atoms. The van der Waals surface area contributed by atoms with Gasteiger partial charge in [-0.15, -0.1) is 0 Å². The summed E-state index contributed by atoms with van der Waals surface area (Å²) >= 11 is 5.88. The van der Waals surface area contributed by atoms with Crippen LogP contribution in [0.1, 0.15) is 12.0 Å². The van der Waals surface area contributed by atoms with Crippen LogP contribution in [-0.2, 0) is 11.2 Å². The average molecular weight is 373 g/mol. The predicted molar refractivity (Wildman–Crippen MR) is 106 cm³/mol. The smallest absolute Gasteiger partial charge is 0.223 e.